The van der Waals surface area contributed by atoms with Gasteiger partial charge in [-0.15, -0.1) is 0 Å². The SMILES string of the molecule is C[C@H](CO[Si](C)(C)C(C)(C)C)C(O)[C@@H](C)CO[Si](C)(C)C(C)(C)C. The maximum atomic E-state index is 10.7. The van der Waals surface area contributed by atoms with Crippen LogP contribution in [0.5, 0.6) is 0 Å². The number of rotatable bonds is 8. The van der Waals surface area contributed by atoms with E-state index in [1.807, 2.05) is 0 Å². The third-order valence-corrected chi connectivity index (χ3v) is 15.2. The van der Waals surface area contributed by atoms with Gasteiger partial charge in [-0.3, -0.25) is 0 Å². The summed E-state index contributed by atoms with van der Waals surface area (Å²) >= 11 is 0. The van der Waals surface area contributed by atoms with Crippen molar-refractivity contribution < 1.29 is 14.0 Å². The minimum Gasteiger partial charge on any atom is -0.416 e. The largest absolute Gasteiger partial charge is 0.416 e. The van der Waals surface area contributed by atoms with Crippen molar-refractivity contribution in [1.82, 2.24) is 0 Å². The number of aliphatic hydroxyl groups is 1. The third kappa shape index (κ3) is 6.91. The molecule has 0 bridgehead atoms. The van der Waals surface area contributed by atoms with Crippen LogP contribution < -0.4 is 0 Å². The van der Waals surface area contributed by atoms with Crippen LogP contribution in [0, 0.1) is 11.8 Å². The van der Waals surface area contributed by atoms with Gasteiger partial charge in [0, 0.05) is 25.0 Å². The molecule has 0 amide bonds. The Labute approximate surface area is 153 Å². The first-order valence-corrected chi connectivity index (χ1v) is 15.2. The molecule has 0 fully saturated rings. The quantitative estimate of drug-likeness (QED) is 0.555. The van der Waals surface area contributed by atoms with E-state index < -0.39 is 16.6 Å². The molecule has 0 spiro atoms. The standard InChI is InChI=1S/C19H44O3Si2/c1-15(13-21-23(9,10)18(3,4)5)17(20)16(2)14-22-24(11,12)19(6,7)8/h15-17,20H,13-14H2,1-12H3/t15-,16+,17?. The highest BCUT2D eigenvalue weighted by Gasteiger charge is 2.39. The zero-order valence-electron chi connectivity index (χ0n) is 18.4. The first-order valence-electron chi connectivity index (χ1n) is 9.38. The molecule has 0 aromatic carbocycles. The molecule has 0 aliphatic carbocycles. The Morgan fingerprint density at radius 1 is 0.708 bits per heavy atom. The number of hydrogen-bond acceptors (Lipinski definition) is 3. The van der Waals surface area contributed by atoms with Crippen molar-refractivity contribution in [1.29, 1.82) is 0 Å². The summed E-state index contributed by atoms with van der Waals surface area (Å²) in [5, 5.41) is 11.1. The highest BCUT2D eigenvalue weighted by Crippen LogP contribution is 2.38. The van der Waals surface area contributed by atoms with Crippen LogP contribution >= 0.6 is 0 Å². The Morgan fingerprint density at radius 3 is 1.17 bits per heavy atom. The molecule has 0 aliphatic rings. The van der Waals surface area contributed by atoms with Crippen molar-refractivity contribution in [3.8, 4) is 0 Å². The molecule has 0 aliphatic heterocycles. The average molecular weight is 377 g/mol. The van der Waals surface area contributed by atoms with Crippen LogP contribution in [0.15, 0.2) is 0 Å². The molecule has 0 radical (unpaired) electrons. The minimum atomic E-state index is -1.76. The summed E-state index contributed by atoms with van der Waals surface area (Å²) < 4.78 is 12.5. The van der Waals surface area contributed by atoms with Crippen LogP contribution in [-0.2, 0) is 8.85 Å². The predicted octanol–water partition coefficient (Wildman–Crippen LogP) is 5.66. The molecule has 0 aromatic heterocycles. The number of aliphatic hydroxyl groups excluding tert-OH is 1. The van der Waals surface area contributed by atoms with Crippen LogP contribution in [-0.4, -0.2) is 41.1 Å². The summed E-state index contributed by atoms with van der Waals surface area (Å²) in [6.45, 7) is 27.9. The summed E-state index contributed by atoms with van der Waals surface area (Å²) in [5.41, 5.74) is 0. The maximum absolute atomic E-state index is 10.7. The van der Waals surface area contributed by atoms with Gasteiger partial charge in [-0.05, 0) is 36.3 Å². The van der Waals surface area contributed by atoms with Gasteiger partial charge >= 0.3 is 0 Å². The van der Waals surface area contributed by atoms with Gasteiger partial charge in [-0.25, -0.2) is 0 Å². The molecule has 24 heavy (non-hydrogen) atoms. The first-order chi connectivity index (χ1) is 10.4. The zero-order chi connectivity index (χ0) is 19.6. The van der Waals surface area contributed by atoms with E-state index in [1.165, 1.54) is 0 Å². The Bertz CT molecular complexity index is 345. The minimum absolute atomic E-state index is 0.122. The highest BCUT2D eigenvalue weighted by atomic mass is 28.4. The highest BCUT2D eigenvalue weighted by molar-refractivity contribution is 6.74. The first kappa shape index (κ1) is 24.3. The molecule has 1 N–H and O–H groups in total. The van der Waals surface area contributed by atoms with E-state index in [0.29, 0.717) is 13.2 Å². The van der Waals surface area contributed by atoms with Crippen molar-refractivity contribution in [3.63, 3.8) is 0 Å². The van der Waals surface area contributed by atoms with Crippen molar-refractivity contribution in [2.75, 3.05) is 13.2 Å². The predicted molar refractivity (Wildman–Crippen MR) is 111 cm³/mol. The molecule has 1 unspecified atom stereocenters. The molecule has 0 saturated heterocycles. The fourth-order valence-corrected chi connectivity index (χ4v) is 4.10. The smallest absolute Gasteiger partial charge is 0.191 e. The lowest BCUT2D eigenvalue weighted by Crippen LogP contribution is -2.45. The fraction of sp³-hybridized carbons (Fsp3) is 1.00. The van der Waals surface area contributed by atoms with Gasteiger partial charge in [0.15, 0.2) is 16.6 Å². The topological polar surface area (TPSA) is 38.7 Å². The molecule has 3 atom stereocenters. The van der Waals surface area contributed by atoms with E-state index in [1.54, 1.807) is 0 Å². The molecule has 0 aromatic rings. The van der Waals surface area contributed by atoms with E-state index in [4.69, 9.17) is 8.85 Å². The third-order valence-electron chi connectivity index (χ3n) is 6.19. The van der Waals surface area contributed by atoms with Gasteiger partial charge in [0.1, 0.15) is 0 Å². The van der Waals surface area contributed by atoms with Crippen molar-refractivity contribution in [2.24, 2.45) is 11.8 Å². The molecular formula is C19H44O3Si2. The average Bonchev–Trinajstić information content (AvgIpc) is 2.38. The second kappa shape index (κ2) is 8.34. The fourth-order valence-electron chi connectivity index (χ4n) is 1.87. The van der Waals surface area contributed by atoms with Crippen LogP contribution in [0.1, 0.15) is 55.4 Å². The molecule has 0 rings (SSSR count). The van der Waals surface area contributed by atoms with E-state index >= 15 is 0 Å². The number of hydrogen-bond donors (Lipinski definition) is 1. The van der Waals surface area contributed by atoms with Gasteiger partial charge < -0.3 is 14.0 Å². The summed E-state index contributed by atoms with van der Waals surface area (Å²) in [6, 6.07) is 0. The normalized spacial score (nSPS) is 18.4. The Balaban J connectivity index is 4.56. The Kier molecular flexibility index (Phi) is 8.45. The molecule has 5 heteroatoms. The molecule has 0 heterocycles. The lowest BCUT2D eigenvalue weighted by atomic mass is 9.95. The monoisotopic (exact) mass is 376 g/mol. The molecule has 3 nitrogen and oxygen atoms in total. The molecular weight excluding hydrogens is 332 g/mol. The van der Waals surface area contributed by atoms with Crippen LogP contribution in [0.3, 0.4) is 0 Å². The lowest BCUT2D eigenvalue weighted by molar-refractivity contribution is 0.0199. The lowest BCUT2D eigenvalue weighted by Gasteiger charge is -2.39. The van der Waals surface area contributed by atoms with E-state index in [-0.39, 0.29) is 28.0 Å². The van der Waals surface area contributed by atoms with Crippen LogP contribution in [0.25, 0.3) is 0 Å². The van der Waals surface area contributed by atoms with Gasteiger partial charge in [-0.1, -0.05) is 55.4 Å². The zero-order valence-corrected chi connectivity index (χ0v) is 20.4. The van der Waals surface area contributed by atoms with Crippen molar-refractivity contribution in [2.45, 2.75) is 97.8 Å². The van der Waals surface area contributed by atoms with Crippen LogP contribution in [0.2, 0.25) is 36.3 Å². The molecule has 0 saturated carbocycles. The summed E-state index contributed by atoms with van der Waals surface area (Å²) in [5.74, 6) is 0.245. The molecule has 146 valence electrons. The summed E-state index contributed by atoms with van der Waals surface area (Å²) in [6.07, 6.45) is -0.389. The Hall–Kier alpha value is 0.314. The summed E-state index contributed by atoms with van der Waals surface area (Å²) in [4.78, 5) is 0. The summed E-state index contributed by atoms with van der Waals surface area (Å²) in [7, 11) is -3.51. The van der Waals surface area contributed by atoms with Gasteiger partial charge in [0.25, 0.3) is 0 Å². The van der Waals surface area contributed by atoms with E-state index in [2.05, 4.69) is 81.6 Å². The Morgan fingerprint density at radius 2 is 0.958 bits per heavy atom. The second-order valence-corrected chi connectivity index (χ2v) is 20.2. The van der Waals surface area contributed by atoms with Gasteiger partial charge in [0.2, 0.25) is 0 Å². The van der Waals surface area contributed by atoms with Crippen molar-refractivity contribution >= 4 is 16.6 Å². The van der Waals surface area contributed by atoms with Crippen molar-refractivity contribution in [3.05, 3.63) is 0 Å². The van der Waals surface area contributed by atoms with Gasteiger partial charge in [-0.2, -0.15) is 0 Å². The van der Waals surface area contributed by atoms with Gasteiger partial charge in [0.05, 0.1) is 6.10 Å². The second-order valence-electron chi connectivity index (χ2n) is 10.6. The van der Waals surface area contributed by atoms with E-state index in [0.717, 1.165) is 0 Å². The van der Waals surface area contributed by atoms with Crippen LogP contribution in [0.4, 0.5) is 0 Å². The van der Waals surface area contributed by atoms with E-state index in [9.17, 15) is 5.11 Å². The maximum Gasteiger partial charge on any atom is 0.191 e.